The number of aromatic nitrogens is 7. The molecule has 0 aliphatic heterocycles. The Morgan fingerprint density at radius 3 is 2.75 bits per heavy atom. The van der Waals surface area contributed by atoms with E-state index in [9.17, 15) is 12.8 Å². The van der Waals surface area contributed by atoms with Crippen LogP contribution in [0, 0.1) is 5.82 Å². The Labute approximate surface area is 182 Å². The van der Waals surface area contributed by atoms with Gasteiger partial charge in [0.15, 0.2) is 17.5 Å². The van der Waals surface area contributed by atoms with Crippen LogP contribution in [0.3, 0.4) is 0 Å². The van der Waals surface area contributed by atoms with Gasteiger partial charge < -0.3 is 5.32 Å². The van der Waals surface area contributed by atoms with Crippen molar-refractivity contribution in [2.45, 2.75) is 12.4 Å². The number of anilines is 3. The number of hydrogen-bond acceptors (Lipinski definition) is 9. The Bertz CT molecular complexity index is 1350. The molecule has 4 aromatic rings. The van der Waals surface area contributed by atoms with Crippen molar-refractivity contribution < 1.29 is 12.8 Å². The van der Waals surface area contributed by atoms with Crippen LogP contribution in [0.2, 0.25) is 0 Å². The van der Waals surface area contributed by atoms with Crippen LogP contribution in [-0.4, -0.2) is 42.9 Å². The third-order valence-corrected chi connectivity index (χ3v) is 4.92. The summed E-state index contributed by atoms with van der Waals surface area (Å²) in [5.74, 6) is -1.23. The number of benzene rings is 1. The van der Waals surface area contributed by atoms with Crippen molar-refractivity contribution in [2.24, 2.45) is 12.2 Å². The van der Waals surface area contributed by atoms with Crippen molar-refractivity contribution in [2.75, 3.05) is 10.6 Å². The van der Waals surface area contributed by atoms with Gasteiger partial charge in [0.2, 0.25) is 21.9 Å². The lowest BCUT2D eigenvalue weighted by atomic mass is 10.1. The first-order valence-electron chi connectivity index (χ1n) is 9.26. The van der Waals surface area contributed by atoms with E-state index in [2.05, 4.69) is 35.8 Å². The molecule has 32 heavy (non-hydrogen) atoms. The minimum Gasteiger partial charge on any atom is -0.363 e. The molecule has 0 aliphatic rings. The summed E-state index contributed by atoms with van der Waals surface area (Å²) in [5.41, 5.74) is 2.86. The predicted molar refractivity (Wildman–Crippen MR) is 114 cm³/mol. The van der Waals surface area contributed by atoms with Crippen molar-refractivity contribution >= 4 is 27.7 Å². The van der Waals surface area contributed by atoms with Gasteiger partial charge in [-0.05, 0) is 17.2 Å². The van der Waals surface area contributed by atoms with Crippen LogP contribution in [0.1, 0.15) is 5.56 Å². The van der Waals surface area contributed by atoms with E-state index in [-0.39, 0.29) is 17.7 Å². The standard InChI is InChI=1S/C18H19FN10O2S/c1-28-9-14(7-24-28)13-4-2-3-12(5-13)6-21-16-15(19)8-22-17(26-16)27-18-23-10-25-29(18)11-32(20,30)31/h2-5,7-10H,6,11H2,1H3,(H2,20,30,31)(H2,21,22,23,25,26,27). The Morgan fingerprint density at radius 1 is 1.16 bits per heavy atom. The molecule has 0 fully saturated rings. The van der Waals surface area contributed by atoms with Gasteiger partial charge >= 0.3 is 0 Å². The van der Waals surface area contributed by atoms with E-state index in [1.54, 1.807) is 10.9 Å². The summed E-state index contributed by atoms with van der Waals surface area (Å²) in [6.45, 7) is 0.309. The zero-order valence-electron chi connectivity index (χ0n) is 16.8. The summed E-state index contributed by atoms with van der Waals surface area (Å²) in [5, 5.41) is 18.6. The van der Waals surface area contributed by atoms with Crippen LogP contribution in [0.15, 0.2) is 49.2 Å². The molecule has 0 aliphatic carbocycles. The third kappa shape index (κ3) is 5.22. The molecule has 0 bridgehead atoms. The molecule has 12 nitrogen and oxygen atoms in total. The fraction of sp³-hybridized carbons (Fsp3) is 0.167. The summed E-state index contributed by atoms with van der Waals surface area (Å²) < 4.78 is 39.6. The second-order valence-corrected chi connectivity index (χ2v) is 8.43. The molecule has 0 unspecified atom stereocenters. The second kappa shape index (κ2) is 8.68. The Hall–Kier alpha value is -3.91. The highest BCUT2D eigenvalue weighted by Gasteiger charge is 2.13. The number of nitrogens with zero attached hydrogens (tertiary/aromatic N) is 7. The quantitative estimate of drug-likeness (QED) is 0.353. The Morgan fingerprint density at radius 2 is 2.00 bits per heavy atom. The van der Waals surface area contributed by atoms with E-state index in [0.717, 1.165) is 33.9 Å². The first-order chi connectivity index (χ1) is 15.3. The number of nitrogens with one attached hydrogen (secondary N) is 2. The van der Waals surface area contributed by atoms with Crippen molar-refractivity contribution in [3.63, 3.8) is 0 Å². The number of rotatable bonds is 8. The van der Waals surface area contributed by atoms with E-state index in [1.165, 1.54) is 0 Å². The highest BCUT2D eigenvalue weighted by Crippen LogP contribution is 2.21. The van der Waals surface area contributed by atoms with E-state index in [1.807, 2.05) is 37.5 Å². The van der Waals surface area contributed by atoms with E-state index in [4.69, 9.17) is 5.14 Å². The smallest absolute Gasteiger partial charge is 0.231 e. The van der Waals surface area contributed by atoms with Crippen LogP contribution in [0.25, 0.3) is 11.1 Å². The second-order valence-electron chi connectivity index (χ2n) is 6.85. The minimum atomic E-state index is -3.84. The summed E-state index contributed by atoms with van der Waals surface area (Å²) in [6, 6.07) is 7.74. The molecule has 3 heterocycles. The highest BCUT2D eigenvalue weighted by molar-refractivity contribution is 7.88. The van der Waals surface area contributed by atoms with Crippen molar-refractivity contribution in [3.05, 3.63) is 60.6 Å². The van der Waals surface area contributed by atoms with Gasteiger partial charge in [-0.25, -0.2) is 27.6 Å². The Balaban J connectivity index is 1.48. The van der Waals surface area contributed by atoms with Crippen LogP contribution >= 0.6 is 0 Å². The van der Waals surface area contributed by atoms with Gasteiger partial charge in [0, 0.05) is 25.4 Å². The van der Waals surface area contributed by atoms with Crippen molar-refractivity contribution in [1.29, 1.82) is 0 Å². The average Bonchev–Trinajstić information content (AvgIpc) is 3.36. The number of hydrogen-bond donors (Lipinski definition) is 3. The van der Waals surface area contributed by atoms with Crippen molar-refractivity contribution in [3.8, 4) is 11.1 Å². The van der Waals surface area contributed by atoms with Gasteiger partial charge in [0.1, 0.15) is 6.33 Å². The molecular formula is C18H19FN10O2S. The molecule has 3 aromatic heterocycles. The van der Waals surface area contributed by atoms with Crippen LogP contribution in [0.4, 0.5) is 22.1 Å². The zero-order valence-corrected chi connectivity index (χ0v) is 17.7. The first kappa shape index (κ1) is 21.3. The van der Waals surface area contributed by atoms with E-state index < -0.39 is 21.7 Å². The zero-order chi connectivity index (χ0) is 22.7. The lowest BCUT2D eigenvalue weighted by molar-refractivity contribution is 0.578. The molecule has 0 saturated carbocycles. The van der Waals surface area contributed by atoms with Gasteiger partial charge in [-0.3, -0.25) is 10.00 Å². The maximum atomic E-state index is 14.2. The number of primary sulfonamides is 1. The summed E-state index contributed by atoms with van der Waals surface area (Å²) in [6.07, 6.45) is 5.81. The molecule has 14 heteroatoms. The third-order valence-electron chi connectivity index (χ3n) is 4.31. The summed E-state index contributed by atoms with van der Waals surface area (Å²) >= 11 is 0. The van der Waals surface area contributed by atoms with Crippen molar-refractivity contribution in [1.82, 2.24) is 34.5 Å². The largest absolute Gasteiger partial charge is 0.363 e. The number of halogens is 1. The molecule has 0 amide bonds. The van der Waals surface area contributed by atoms with E-state index >= 15 is 0 Å². The SMILES string of the molecule is Cn1cc(-c2cccc(CNc3nc(Nc4ncnn4CS(N)(=O)=O)ncc3F)c2)cn1. The molecule has 1 aromatic carbocycles. The first-order valence-corrected chi connectivity index (χ1v) is 11.0. The molecule has 0 radical (unpaired) electrons. The van der Waals surface area contributed by atoms with Gasteiger partial charge in [0.05, 0.1) is 12.4 Å². The maximum absolute atomic E-state index is 14.2. The number of aryl methyl sites for hydroxylation is 1. The molecule has 4 rings (SSSR count). The Kier molecular flexibility index (Phi) is 5.79. The molecule has 0 saturated heterocycles. The molecule has 0 spiro atoms. The number of sulfonamides is 1. The van der Waals surface area contributed by atoms with Crippen LogP contribution in [-0.2, 0) is 29.5 Å². The van der Waals surface area contributed by atoms with Crippen LogP contribution in [0.5, 0.6) is 0 Å². The normalized spacial score (nSPS) is 11.5. The van der Waals surface area contributed by atoms with Gasteiger partial charge in [0.25, 0.3) is 0 Å². The maximum Gasteiger partial charge on any atom is 0.231 e. The van der Waals surface area contributed by atoms with Crippen LogP contribution < -0.4 is 15.8 Å². The minimum absolute atomic E-state index is 0.00156. The monoisotopic (exact) mass is 458 g/mol. The van der Waals surface area contributed by atoms with E-state index in [0.29, 0.717) is 6.54 Å². The number of nitrogens with two attached hydrogens (primary N) is 1. The van der Waals surface area contributed by atoms with Gasteiger partial charge in [-0.2, -0.15) is 20.2 Å². The van der Waals surface area contributed by atoms with Gasteiger partial charge in [-0.15, -0.1) is 0 Å². The average molecular weight is 458 g/mol. The fourth-order valence-corrected chi connectivity index (χ4v) is 3.42. The predicted octanol–water partition coefficient (Wildman–Crippen LogP) is 1.21. The molecular weight excluding hydrogens is 439 g/mol. The molecule has 4 N–H and O–H groups in total. The summed E-state index contributed by atoms with van der Waals surface area (Å²) in [7, 11) is -1.99. The fourth-order valence-electron chi connectivity index (χ4n) is 2.89. The molecule has 166 valence electrons. The lowest BCUT2D eigenvalue weighted by Crippen LogP contribution is -2.21. The summed E-state index contributed by atoms with van der Waals surface area (Å²) in [4.78, 5) is 11.9. The molecule has 0 atom stereocenters. The topological polar surface area (TPSA) is 159 Å². The highest BCUT2D eigenvalue weighted by atomic mass is 32.2. The van der Waals surface area contributed by atoms with Gasteiger partial charge in [-0.1, -0.05) is 18.2 Å². The lowest BCUT2D eigenvalue weighted by Gasteiger charge is -2.10.